The van der Waals surface area contributed by atoms with E-state index in [1.807, 2.05) is 0 Å². The molecule has 0 unspecified atom stereocenters. The summed E-state index contributed by atoms with van der Waals surface area (Å²) in [5, 5.41) is -4.16. The fourth-order valence-corrected chi connectivity index (χ4v) is 23.5. The number of pyridine rings is 3. The van der Waals surface area contributed by atoms with Crippen LogP contribution in [-0.2, 0) is 77.7 Å². The van der Waals surface area contributed by atoms with Crippen LogP contribution < -0.4 is 20.9 Å². The van der Waals surface area contributed by atoms with Crippen molar-refractivity contribution in [2.24, 2.45) is 33.8 Å². The number of alkyl halides is 6. The minimum atomic E-state index is -3.58. The summed E-state index contributed by atoms with van der Waals surface area (Å²) >= 11 is 0. The van der Waals surface area contributed by atoms with Gasteiger partial charge in [-0.3, -0.25) is 44.1 Å². The molecule has 0 spiro atoms. The fraction of sp³-hybridized carbons (Fsp3) is 0.577. The molecule has 9 atom stereocenters. The summed E-state index contributed by atoms with van der Waals surface area (Å²) in [7, 11) is -7.62. The van der Waals surface area contributed by atoms with Crippen molar-refractivity contribution in [3.63, 3.8) is 0 Å². The van der Waals surface area contributed by atoms with Crippen LogP contribution in [0.5, 0.6) is 11.8 Å². The number of aromatic nitrogens is 7. The number of nitrogens with two attached hydrogens (primary N) is 2. The first-order chi connectivity index (χ1) is 50.0. The van der Waals surface area contributed by atoms with Gasteiger partial charge in [0.25, 0.3) is 17.8 Å². The van der Waals surface area contributed by atoms with E-state index in [1.165, 1.54) is 106 Å². The largest absolute Gasteiger partial charge is 0.480 e. The monoisotopic (exact) mass is 1590 g/mol. The molecular weight excluding hydrogens is 1510 g/mol. The predicted octanol–water partition coefficient (Wildman–Crippen LogP) is 11.0. The van der Waals surface area contributed by atoms with E-state index < -0.39 is 191 Å². The normalized spacial score (nSPS) is 28.6. The average Bonchev–Trinajstić information content (AvgIpc) is 0.707. The van der Waals surface area contributed by atoms with Crippen LogP contribution in [0.1, 0.15) is 185 Å². The number of ketones is 2. The number of carbonyl (C=O) groups is 4. The van der Waals surface area contributed by atoms with Gasteiger partial charge in [-0.25, -0.2) is 90.1 Å². The van der Waals surface area contributed by atoms with Crippen LogP contribution in [0.2, 0.25) is 0 Å². The standard InChI is InChI=1S/C28H34F3N5O5S.C22H25F3N6O3S.C21H29F3N4O3S/c1-25(2,3)41-23(38)11-20-26(4,5)42(39)21(12-28(30,31)15-34-42)27(6,36-20)24-17(29)9-8-16(35-24)10-19(37)18-13-33-22(40-7)14-32-18;1-20(2)19(26)31-21(3,16-8-22(24,25)11-29-35(16,20)33)18-13(23)6-5-12(30-18)7-15(32)14-9-28-17(34-4)10-27-14;1-18(2,3)31-16(29)9-13-19(4,5)32(30)14(10-21(23,24)11-26-32)20(6,28-13)17-12(22)7-8-15(25)27-17/h8-9,13-14,21H,10-12,15H2,1-7H3;5-6,9-10,16H,7-8,11H2,1-4H3,(H2,26,31);7-8,14H,9-11H2,1-6H3,(H2,25,27)/t21-,27+,42-;16-,21+,35-;14-,20+,32-/m111/s1. The van der Waals surface area contributed by atoms with Gasteiger partial charge in [-0.05, 0) is 140 Å². The Labute approximate surface area is 625 Å². The molecule has 6 aliphatic rings. The van der Waals surface area contributed by atoms with Crippen molar-refractivity contribution in [2.75, 3.05) is 39.6 Å². The molecule has 5 aromatic rings. The van der Waals surface area contributed by atoms with Crippen molar-refractivity contribution in [1.29, 1.82) is 0 Å². The van der Waals surface area contributed by atoms with E-state index in [0.717, 1.165) is 18.2 Å². The third-order valence-electron chi connectivity index (χ3n) is 19.7. The van der Waals surface area contributed by atoms with Crippen molar-refractivity contribution < 1.29 is 90.3 Å². The van der Waals surface area contributed by atoms with E-state index in [-0.39, 0.29) is 94.0 Å². The second-order valence-corrected chi connectivity index (χ2v) is 40.2. The molecule has 0 aliphatic carbocycles. The van der Waals surface area contributed by atoms with Crippen LogP contribution in [-0.4, -0.2) is 181 Å². The number of anilines is 1. The molecule has 38 heteroatoms. The van der Waals surface area contributed by atoms with Gasteiger partial charge in [0, 0.05) is 42.1 Å². The molecule has 0 aromatic carbocycles. The summed E-state index contributed by atoms with van der Waals surface area (Å²) in [5.74, 6) is -14.3. The van der Waals surface area contributed by atoms with Crippen LogP contribution in [0.15, 0.2) is 89.3 Å². The van der Waals surface area contributed by atoms with E-state index in [0.29, 0.717) is 0 Å². The van der Waals surface area contributed by atoms with Crippen molar-refractivity contribution in [3.8, 4) is 11.8 Å². The number of halogens is 9. The zero-order valence-corrected chi connectivity index (χ0v) is 65.6. The molecule has 11 heterocycles. The topological polar surface area (TPSA) is 373 Å². The quantitative estimate of drug-likeness (QED) is 0.0558. The van der Waals surface area contributed by atoms with Crippen LogP contribution in [0.3, 0.4) is 0 Å². The number of nitrogens with zero attached hydrogens (tertiary/aromatic N) is 13. The van der Waals surface area contributed by atoms with E-state index in [4.69, 9.17) is 30.4 Å². The maximum absolute atomic E-state index is 15.6. The van der Waals surface area contributed by atoms with Gasteiger partial charge in [-0.1, -0.05) is 0 Å². The van der Waals surface area contributed by atoms with Crippen LogP contribution in [0, 0.1) is 17.5 Å². The number of Topliss-reactive ketones (excluding diaryl/α,β-unsaturated/α-hetero) is 2. The Morgan fingerprint density at radius 1 is 0.459 bits per heavy atom. The molecule has 594 valence electrons. The molecule has 5 aromatic heterocycles. The maximum Gasteiger partial charge on any atom is 0.312 e. The summed E-state index contributed by atoms with van der Waals surface area (Å²) in [6.45, 7) is 20.7. The lowest BCUT2D eigenvalue weighted by molar-refractivity contribution is -0.154. The third kappa shape index (κ3) is 16.6. The Kier molecular flexibility index (Phi) is 22.6. The van der Waals surface area contributed by atoms with Crippen molar-refractivity contribution in [1.82, 2.24) is 34.9 Å². The van der Waals surface area contributed by atoms with Gasteiger partial charge in [0.1, 0.15) is 110 Å². The van der Waals surface area contributed by atoms with Gasteiger partial charge in [0.05, 0.1) is 119 Å². The number of hydrogen-bond donors (Lipinski definition) is 2. The Morgan fingerprint density at radius 3 is 1.10 bits per heavy atom. The average molecular weight is 1590 g/mol. The highest BCUT2D eigenvalue weighted by atomic mass is 32.2. The van der Waals surface area contributed by atoms with Gasteiger partial charge >= 0.3 is 11.9 Å². The summed E-state index contributed by atoms with van der Waals surface area (Å²) in [5.41, 5.74) is 4.30. The number of carbonyl (C=O) groups excluding carboxylic acids is 4. The van der Waals surface area contributed by atoms with Crippen LogP contribution in [0.25, 0.3) is 0 Å². The first-order valence-corrected chi connectivity index (χ1v) is 39.0. The zero-order valence-electron chi connectivity index (χ0n) is 63.2. The molecule has 0 saturated carbocycles. The van der Waals surface area contributed by atoms with E-state index in [2.05, 4.69) is 63.0 Å². The summed E-state index contributed by atoms with van der Waals surface area (Å²) in [6.07, 6.45) is 1.15. The second-order valence-electron chi connectivity index (χ2n) is 31.2. The molecule has 11 rings (SSSR count). The predicted molar refractivity (Wildman–Crippen MR) is 388 cm³/mol. The molecule has 4 N–H and O–H groups in total. The Morgan fingerprint density at radius 2 is 0.780 bits per heavy atom. The smallest absolute Gasteiger partial charge is 0.312 e. The molecule has 0 fully saturated rings. The zero-order chi connectivity index (χ0) is 81.4. The molecule has 0 amide bonds. The van der Waals surface area contributed by atoms with Crippen LogP contribution in [0.4, 0.5) is 45.3 Å². The number of ether oxygens (including phenoxy) is 4. The van der Waals surface area contributed by atoms with Crippen molar-refractivity contribution in [3.05, 3.63) is 118 Å². The molecule has 6 aliphatic heterocycles. The molecule has 0 radical (unpaired) electrons. The Bertz CT molecular complexity index is 4970. The minimum absolute atomic E-state index is 0.0144. The highest BCUT2D eigenvalue weighted by Gasteiger charge is 2.64. The number of hydrogen-bond acceptors (Lipinski definition) is 26. The van der Waals surface area contributed by atoms with Crippen molar-refractivity contribution >= 4 is 75.8 Å². The first-order valence-electron chi connectivity index (χ1n) is 34.2. The number of nitrogen functional groups attached to an aromatic ring is 1. The Balaban J connectivity index is 0.000000190. The fourth-order valence-electron chi connectivity index (χ4n) is 13.7. The molecular formula is C71H88F9N15O11S3. The number of methoxy groups -OCH3 is 2. The van der Waals surface area contributed by atoms with Gasteiger partial charge in [0.2, 0.25) is 11.8 Å². The number of fused-ring (bicyclic) bond motifs is 3. The first kappa shape index (κ1) is 84.3. The lowest BCUT2D eigenvalue weighted by Gasteiger charge is -2.49. The Hall–Kier alpha value is -8.68. The number of amidine groups is 1. The van der Waals surface area contributed by atoms with Crippen LogP contribution >= 0.6 is 0 Å². The summed E-state index contributed by atoms with van der Waals surface area (Å²) in [6, 6.07) is 7.00. The number of aliphatic imine (C=N–C) groups is 3. The minimum Gasteiger partial charge on any atom is -0.480 e. The highest BCUT2D eigenvalue weighted by Crippen LogP contribution is 2.54. The molecule has 0 bridgehead atoms. The SMILES string of the molecule is CC(C)(C)OC(=O)CC1=N[C@](C)(c2nc(N)ccc2F)[C@H]2CC(F)(F)CN=[S@]2(=O)C1(C)C.COc1cnc(C(=O)Cc2ccc(F)c([C@@]3(C)N=C(CC(=O)OC(C)(C)C)C(C)(C)[S@@]4(=O)=NCC(F)(F)C[C@H]34)n2)cn1.COc1cnc(C(=O)Cc2ccc(F)c([C@@]3(C)N=C(N)C(C)(C)[S@@]4(=O)=NCC(F)(F)C[C@H]34)n2)cn1. The third-order valence-corrected chi connectivity index (χ3v) is 30.5. The number of rotatable bonds is 15. The van der Waals surface area contributed by atoms with Crippen molar-refractivity contribution in [2.45, 2.75) is 224 Å². The highest BCUT2D eigenvalue weighted by molar-refractivity contribution is 7.97. The lowest BCUT2D eigenvalue weighted by Crippen LogP contribution is -2.62. The van der Waals surface area contributed by atoms with E-state index >= 15 is 8.78 Å². The van der Waals surface area contributed by atoms with E-state index in [9.17, 15) is 62.5 Å². The molecule has 109 heavy (non-hydrogen) atoms. The second kappa shape index (κ2) is 29.2. The maximum atomic E-state index is 15.6. The summed E-state index contributed by atoms with van der Waals surface area (Å²) < 4.78 is 205. The molecule has 26 nitrogen and oxygen atoms in total. The van der Waals surface area contributed by atoms with E-state index in [1.54, 1.807) is 55.4 Å². The number of esters is 2. The summed E-state index contributed by atoms with van der Waals surface area (Å²) in [4.78, 5) is 93.2. The molecule has 0 saturated heterocycles. The van der Waals surface area contributed by atoms with Gasteiger partial charge < -0.3 is 30.4 Å². The van der Waals surface area contributed by atoms with Gasteiger partial charge in [-0.15, -0.1) is 0 Å². The lowest BCUT2D eigenvalue weighted by atomic mass is 9.87. The van der Waals surface area contributed by atoms with Gasteiger partial charge in [-0.2, -0.15) is 0 Å². The van der Waals surface area contributed by atoms with Gasteiger partial charge in [0.15, 0.2) is 11.6 Å².